The summed E-state index contributed by atoms with van der Waals surface area (Å²) in [4.78, 5) is 15.0. The van der Waals surface area contributed by atoms with Gasteiger partial charge in [-0.2, -0.15) is 0 Å². The molecule has 2 aromatic rings. The van der Waals surface area contributed by atoms with E-state index in [1.54, 1.807) is 13.2 Å². The number of ether oxygens (including phenoxy) is 1. The van der Waals surface area contributed by atoms with Gasteiger partial charge in [-0.15, -0.1) is 0 Å². The quantitative estimate of drug-likeness (QED) is 0.792. The van der Waals surface area contributed by atoms with Crippen molar-refractivity contribution in [3.05, 3.63) is 36.1 Å². The highest BCUT2D eigenvalue weighted by Crippen LogP contribution is 2.27. The summed E-state index contributed by atoms with van der Waals surface area (Å²) < 4.78 is 10.5. The number of ketones is 1. The molecule has 23 heavy (non-hydrogen) atoms. The molecule has 0 saturated carbocycles. The first kappa shape index (κ1) is 15.7. The molecule has 3 rings (SSSR count). The highest BCUT2D eigenvalue weighted by Gasteiger charge is 2.38. The zero-order valence-corrected chi connectivity index (χ0v) is 13.8. The summed E-state index contributed by atoms with van der Waals surface area (Å²) >= 11 is 0. The van der Waals surface area contributed by atoms with E-state index in [0.717, 1.165) is 37.2 Å². The average molecular weight is 314 g/mol. The second-order valence-corrected chi connectivity index (χ2v) is 6.39. The van der Waals surface area contributed by atoms with Crippen molar-refractivity contribution >= 4 is 5.78 Å². The SMILES string of the molecule is COc1ccc(-c2cc(C(=O)C(C)(C)N3CCCC3)on2)cc1. The number of Topliss-reactive ketones (excluding diaryl/α,β-unsaturated/α-hetero) is 1. The summed E-state index contributed by atoms with van der Waals surface area (Å²) in [6.07, 6.45) is 2.29. The van der Waals surface area contributed by atoms with Crippen LogP contribution in [0.5, 0.6) is 5.75 Å². The Morgan fingerprint density at radius 3 is 2.48 bits per heavy atom. The number of hydrogen-bond donors (Lipinski definition) is 0. The zero-order chi connectivity index (χ0) is 16.4. The fraction of sp³-hybridized carbons (Fsp3) is 0.444. The Hall–Kier alpha value is -2.14. The Balaban J connectivity index is 1.81. The van der Waals surface area contributed by atoms with Gasteiger partial charge in [-0.1, -0.05) is 5.16 Å². The first-order chi connectivity index (χ1) is 11.0. The second kappa shape index (κ2) is 6.16. The first-order valence-electron chi connectivity index (χ1n) is 7.93. The van der Waals surface area contributed by atoms with Crippen LogP contribution in [0.2, 0.25) is 0 Å². The molecule has 1 aromatic carbocycles. The number of aromatic nitrogens is 1. The van der Waals surface area contributed by atoms with Crippen molar-refractivity contribution in [2.24, 2.45) is 0 Å². The van der Waals surface area contributed by atoms with Gasteiger partial charge in [0.1, 0.15) is 11.4 Å². The van der Waals surface area contributed by atoms with Crippen LogP contribution in [-0.4, -0.2) is 41.6 Å². The predicted molar refractivity (Wildman–Crippen MR) is 87.7 cm³/mol. The topological polar surface area (TPSA) is 55.6 Å². The van der Waals surface area contributed by atoms with Crippen LogP contribution in [0.3, 0.4) is 0 Å². The smallest absolute Gasteiger partial charge is 0.220 e. The summed E-state index contributed by atoms with van der Waals surface area (Å²) in [6.45, 7) is 5.82. The van der Waals surface area contributed by atoms with E-state index in [2.05, 4.69) is 10.1 Å². The van der Waals surface area contributed by atoms with Crippen molar-refractivity contribution in [1.29, 1.82) is 0 Å². The van der Waals surface area contributed by atoms with Crippen LogP contribution in [0.15, 0.2) is 34.9 Å². The molecule has 1 saturated heterocycles. The minimum atomic E-state index is -0.562. The largest absolute Gasteiger partial charge is 0.497 e. The van der Waals surface area contributed by atoms with Gasteiger partial charge in [0.25, 0.3) is 0 Å². The van der Waals surface area contributed by atoms with E-state index in [0.29, 0.717) is 11.5 Å². The van der Waals surface area contributed by atoms with Crippen molar-refractivity contribution in [3.63, 3.8) is 0 Å². The van der Waals surface area contributed by atoms with E-state index in [1.165, 1.54) is 0 Å². The van der Waals surface area contributed by atoms with E-state index >= 15 is 0 Å². The molecule has 0 spiro atoms. The van der Waals surface area contributed by atoms with Crippen molar-refractivity contribution < 1.29 is 14.1 Å². The highest BCUT2D eigenvalue weighted by molar-refractivity contribution is 6.01. The van der Waals surface area contributed by atoms with Crippen molar-refractivity contribution in [3.8, 4) is 17.0 Å². The third-order valence-electron chi connectivity index (χ3n) is 4.57. The Morgan fingerprint density at radius 1 is 1.22 bits per heavy atom. The number of rotatable bonds is 5. The molecule has 0 bridgehead atoms. The molecule has 1 fully saturated rings. The van der Waals surface area contributed by atoms with Gasteiger partial charge in [0.2, 0.25) is 11.5 Å². The Kier molecular flexibility index (Phi) is 4.22. The maximum atomic E-state index is 12.8. The number of benzene rings is 1. The fourth-order valence-electron chi connectivity index (χ4n) is 3.00. The second-order valence-electron chi connectivity index (χ2n) is 6.39. The van der Waals surface area contributed by atoms with Gasteiger partial charge in [-0.05, 0) is 64.0 Å². The van der Waals surface area contributed by atoms with E-state index < -0.39 is 5.54 Å². The summed E-state index contributed by atoms with van der Waals surface area (Å²) in [5, 5.41) is 4.05. The Bertz CT molecular complexity index is 683. The van der Waals surface area contributed by atoms with E-state index in [4.69, 9.17) is 9.26 Å². The molecule has 5 heteroatoms. The molecular formula is C18H22N2O3. The zero-order valence-electron chi connectivity index (χ0n) is 13.8. The monoisotopic (exact) mass is 314 g/mol. The van der Waals surface area contributed by atoms with Gasteiger partial charge >= 0.3 is 0 Å². The van der Waals surface area contributed by atoms with Gasteiger partial charge < -0.3 is 9.26 Å². The molecule has 122 valence electrons. The summed E-state index contributed by atoms with van der Waals surface area (Å²) in [5.74, 6) is 1.07. The molecule has 0 aliphatic carbocycles. The van der Waals surface area contributed by atoms with Gasteiger partial charge in [-0.25, -0.2) is 0 Å². The molecule has 0 atom stereocenters. The van der Waals surface area contributed by atoms with Gasteiger partial charge in [0.15, 0.2) is 0 Å². The molecule has 0 radical (unpaired) electrons. The van der Waals surface area contributed by atoms with Gasteiger partial charge in [0, 0.05) is 11.6 Å². The molecule has 5 nitrogen and oxygen atoms in total. The first-order valence-corrected chi connectivity index (χ1v) is 7.93. The van der Waals surface area contributed by atoms with Crippen LogP contribution in [0.25, 0.3) is 11.3 Å². The lowest BCUT2D eigenvalue weighted by molar-refractivity contribution is 0.0663. The van der Waals surface area contributed by atoms with Crippen LogP contribution in [0.4, 0.5) is 0 Å². The van der Waals surface area contributed by atoms with Gasteiger partial charge in [0.05, 0.1) is 12.6 Å². The molecule has 2 heterocycles. The molecule has 0 unspecified atom stereocenters. The maximum absolute atomic E-state index is 12.8. The maximum Gasteiger partial charge on any atom is 0.220 e. The van der Waals surface area contributed by atoms with Crippen LogP contribution in [0, 0.1) is 0 Å². The minimum absolute atomic E-state index is 0.0216. The molecule has 1 aliphatic heterocycles. The van der Waals surface area contributed by atoms with Crippen LogP contribution < -0.4 is 4.74 Å². The van der Waals surface area contributed by atoms with Crippen LogP contribution in [0.1, 0.15) is 37.2 Å². The van der Waals surface area contributed by atoms with E-state index in [1.807, 2.05) is 38.1 Å². The Morgan fingerprint density at radius 2 is 1.87 bits per heavy atom. The molecule has 1 aromatic heterocycles. The number of carbonyl (C=O) groups excluding carboxylic acids is 1. The fourth-order valence-corrected chi connectivity index (χ4v) is 3.00. The predicted octanol–water partition coefficient (Wildman–Crippen LogP) is 3.41. The highest BCUT2D eigenvalue weighted by atomic mass is 16.5. The molecule has 0 amide bonds. The molecule has 1 aliphatic rings. The molecule has 0 N–H and O–H groups in total. The van der Waals surface area contributed by atoms with Crippen molar-refractivity contribution in [2.45, 2.75) is 32.2 Å². The third-order valence-corrected chi connectivity index (χ3v) is 4.57. The third kappa shape index (κ3) is 3.01. The van der Waals surface area contributed by atoms with E-state index in [9.17, 15) is 4.79 Å². The molecular weight excluding hydrogens is 292 g/mol. The Labute approximate surface area is 136 Å². The van der Waals surface area contributed by atoms with Crippen LogP contribution in [-0.2, 0) is 0 Å². The van der Waals surface area contributed by atoms with Crippen molar-refractivity contribution in [1.82, 2.24) is 10.1 Å². The number of likely N-dealkylation sites (tertiary alicyclic amines) is 1. The minimum Gasteiger partial charge on any atom is -0.497 e. The van der Waals surface area contributed by atoms with E-state index in [-0.39, 0.29) is 5.78 Å². The van der Waals surface area contributed by atoms with Crippen molar-refractivity contribution in [2.75, 3.05) is 20.2 Å². The average Bonchev–Trinajstić information content (AvgIpc) is 3.26. The van der Waals surface area contributed by atoms with Crippen LogP contribution >= 0.6 is 0 Å². The summed E-state index contributed by atoms with van der Waals surface area (Å²) in [7, 11) is 1.63. The number of nitrogens with zero attached hydrogens (tertiary/aromatic N) is 2. The number of hydrogen-bond acceptors (Lipinski definition) is 5. The lowest BCUT2D eigenvalue weighted by Crippen LogP contribution is -2.48. The lowest BCUT2D eigenvalue weighted by Gasteiger charge is -2.32. The number of methoxy groups -OCH3 is 1. The number of carbonyl (C=O) groups is 1. The normalized spacial score (nSPS) is 15.8. The summed E-state index contributed by atoms with van der Waals surface area (Å²) in [6, 6.07) is 9.24. The van der Waals surface area contributed by atoms with Gasteiger partial charge in [-0.3, -0.25) is 9.69 Å². The standard InChI is InChI=1S/C18H22N2O3/c1-18(2,20-10-4-5-11-20)17(21)16-12-15(19-23-16)13-6-8-14(22-3)9-7-13/h6-9,12H,4-5,10-11H2,1-3H3. The lowest BCUT2D eigenvalue weighted by atomic mass is 9.95. The summed E-state index contributed by atoms with van der Waals surface area (Å²) in [5.41, 5.74) is 0.994.